The predicted octanol–water partition coefficient (Wildman–Crippen LogP) is 2.46. The van der Waals surface area contributed by atoms with Crippen molar-refractivity contribution in [2.24, 2.45) is 5.10 Å². The van der Waals surface area contributed by atoms with Crippen LogP contribution in [0.5, 0.6) is 5.75 Å². The smallest absolute Gasteiger partial charge is 0.387 e. The molecule has 30 heavy (non-hydrogen) atoms. The number of hydrazone groups is 1. The minimum atomic E-state index is -3.16. The van der Waals surface area contributed by atoms with Gasteiger partial charge in [0.05, 0.1) is 10.6 Å². The number of guanidine groups is 1. The van der Waals surface area contributed by atoms with E-state index < -0.39 is 18.4 Å². The van der Waals surface area contributed by atoms with Crippen molar-refractivity contribution in [1.82, 2.24) is 21.4 Å². The van der Waals surface area contributed by atoms with E-state index in [-0.39, 0.29) is 33.5 Å². The molecule has 2 aromatic rings. The summed E-state index contributed by atoms with van der Waals surface area (Å²) in [5, 5.41) is 9.86. The summed E-state index contributed by atoms with van der Waals surface area (Å²) in [6, 6.07) is 8.96. The predicted molar refractivity (Wildman–Crippen MR) is 106 cm³/mol. The van der Waals surface area contributed by atoms with Crippen LogP contribution < -0.4 is 26.4 Å². The number of nitrogens with one attached hydrogen (secondary N) is 4. The van der Waals surface area contributed by atoms with Crippen LogP contribution in [0.15, 0.2) is 41.5 Å². The number of hydrogen-bond donors (Lipinski definition) is 4. The maximum atomic E-state index is 12.8. The zero-order valence-corrected chi connectivity index (χ0v) is 16.6. The Labute approximate surface area is 175 Å². The van der Waals surface area contributed by atoms with Gasteiger partial charge in [-0.2, -0.15) is 8.78 Å². The summed E-state index contributed by atoms with van der Waals surface area (Å²) >= 11 is 6.29. The average Bonchev–Trinajstić information content (AvgIpc) is 3.08. The molecule has 0 atom stereocenters. The van der Waals surface area contributed by atoms with Gasteiger partial charge in [0.25, 0.3) is 11.8 Å². The fourth-order valence-electron chi connectivity index (χ4n) is 2.58. The van der Waals surface area contributed by atoms with Gasteiger partial charge in [-0.1, -0.05) is 29.3 Å². The van der Waals surface area contributed by atoms with E-state index in [0.717, 1.165) is 11.6 Å². The summed E-state index contributed by atoms with van der Waals surface area (Å²) < 4.78 is 30.1. The molecule has 0 fully saturated rings. The second kappa shape index (κ2) is 8.93. The summed E-state index contributed by atoms with van der Waals surface area (Å²) in [4.78, 5) is 25.2. The number of anilines is 1. The molecule has 3 rings (SSSR count). The van der Waals surface area contributed by atoms with Crippen molar-refractivity contribution in [3.63, 3.8) is 0 Å². The first-order valence-electron chi connectivity index (χ1n) is 8.55. The van der Waals surface area contributed by atoms with E-state index in [1.165, 1.54) is 11.1 Å². The van der Waals surface area contributed by atoms with Crippen molar-refractivity contribution in [2.45, 2.75) is 13.5 Å². The Bertz CT molecular complexity index is 1020. The highest BCUT2D eigenvalue weighted by Gasteiger charge is 2.24. The van der Waals surface area contributed by atoms with Crippen LogP contribution in [0.4, 0.5) is 14.5 Å². The van der Waals surface area contributed by atoms with Gasteiger partial charge in [0, 0.05) is 12.6 Å². The Morgan fingerprint density at radius 2 is 1.97 bits per heavy atom. The molecule has 1 heterocycles. The normalized spacial score (nSPS) is 13.0. The molecule has 2 aromatic carbocycles. The number of halogens is 3. The van der Waals surface area contributed by atoms with Gasteiger partial charge in [0.1, 0.15) is 5.69 Å². The molecule has 2 amide bonds. The van der Waals surface area contributed by atoms with Crippen molar-refractivity contribution in [1.29, 1.82) is 0 Å². The first kappa shape index (κ1) is 21.3. The number of hydrazine groups is 2. The highest BCUT2D eigenvalue weighted by molar-refractivity contribution is 6.37. The molecule has 9 nitrogen and oxygen atoms in total. The zero-order valence-electron chi connectivity index (χ0n) is 15.8. The molecule has 1 aliphatic heterocycles. The fraction of sp³-hybridized carbons (Fsp3) is 0.167. The lowest BCUT2D eigenvalue weighted by Crippen LogP contribution is -2.45. The monoisotopic (exact) mass is 438 g/mol. The molecule has 0 saturated heterocycles. The van der Waals surface area contributed by atoms with Gasteiger partial charge in [-0.25, -0.2) is 5.53 Å². The minimum Gasteiger partial charge on any atom is -0.433 e. The van der Waals surface area contributed by atoms with E-state index in [4.69, 9.17) is 11.6 Å². The second-order valence-corrected chi connectivity index (χ2v) is 6.55. The molecule has 0 saturated carbocycles. The highest BCUT2D eigenvalue weighted by atomic mass is 35.5. The number of ether oxygens (including phenoxy) is 1. The maximum absolute atomic E-state index is 12.8. The number of amides is 2. The lowest BCUT2D eigenvalue weighted by molar-refractivity contribution is -0.0493. The van der Waals surface area contributed by atoms with Crippen molar-refractivity contribution in [2.75, 3.05) is 12.4 Å². The van der Waals surface area contributed by atoms with E-state index >= 15 is 0 Å². The number of aryl methyl sites for hydroxylation is 1. The highest BCUT2D eigenvalue weighted by Crippen LogP contribution is 2.36. The first-order chi connectivity index (χ1) is 14.3. The van der Waals surface area contributed by atoms with Crippen LogP contribution in [0.1, 0.15) is 26.3 Å². The Morgan fingerprint density at radius 3 is 2.60 bits per heavy atom. The van der Waals surface area contributed by atoms with Crippen LogP contribution in [0.2, 0.25) is 5.02 Å². The fourth-order valence-corrected chi connectivity index (χ4v) is 2.87. The van der Waals surface area contributed by atoms with Gasteiger partial charge >= 0.3 is 6.61 Å². The third-order valence-corrected chi connectivity index (χ3v) is 4.40. The van der Waals surface area contributed by atoms with Gasteiger partial charge in [-0.05, 0) is 31.2 Å². The van der Waals surface area contributed by atoms with E-state index in [1.807, 2.05) is 0 Å². The minimum absolute atomic E-state index is 0.0826. The number of nitrogens with zero attached hydrogens (tertiary/aromatic N) is 2. The molecule has 12 heteroatoms. The third-order valence-electron chi connectivity index (χ3n) is 4.01. The molecule has 0 unspecified atom stereocenters. The quantitative estimate of drug-likeness (QED) is 0.571. The van der Waals surface area contributed by atoms with Crippen LogP contribution in [-0.2, 0) is 0 Å². The summed E-state index contributed by atoms with van der Waals surface area (Å²) in [7, 11) is 1.59. The largest absolute Gasteiger partial charge is 0.433 e. The Balaban J connectivity index is 1.93. The molecule has 1 aliphatic rings. The number of benzene rings is 2. The van der Waals surface area contributed by atoms with Crippen LogP contribution in [0.3, 0.4) is 0 Å². The lowest BCUT2D eigenvalue weighted by Gasteiger charge is -2.17. The van der Waals surface area contributed by atoms with Gasteiger partial charge < -0.3 is 10.1 Å². The molecular weight excluding hydrogens is 422 g/mol. The summed E-state index contributed by atoms with van der Waals surface area (Å²) in [5.74, 6) is -1.52. The maximum Gasteiger partial charge on any atom is 0.387 e. The molecule has 0 aliphatic carbocycles. The second-order valence-electron chi connectivity index (χ2n) is 6.17. The van der Waals surface area contributed by atoms with Crippen molar-refractivity contribution < 1.29 is 23.1 Å². The van der Waals surface area contributed by atoms with E-state index in [9.17, 15) is 18.4 Å². The Morgan fingerprint density at radius 1 is 1.20 bits per heavy atom. The standard InChI is InChI=1S/C18H17ClF2N6O3/c1-9-4-3-5-10(8-9)15(28)22-14-12(30-17(20)21)7-6-11(13(14)19)16(29)23-18-24-25-26-27(18)2/h3-8,17,25-26H,1-2H3,(H,22,28)(H,23,24,29). The summed E-state index contributed by atoms with van der Waals surface area (Å²) in [6.07, 6.45) is 0. The van der Waals surface area contributed by atoms with Crippen molar-refractivity contribution >= 4 is 35.1 Å². The first-order valence-corrected chi connectivity index (χ1v) is 8.93. The van der Waals surface area contributed by atoms with Gasteiger partial charge in [0.15, 0.2) is 5.75 Å². The zero-order chi connectivity index (χ0) is 21.8. The number of rotatable bonds is 5. The van der Waals surface area contributed by atoms with E-state index in [0.29, 0.717) is 0 Å². The molecule has 0 radical (unpaired) electrons. The average molecular weight is 439 g/mol. The molecule has 0 aromatic heterocycles. The molecule has 4 N–H and O–H groups in total. The molecule has 0 bridgehead atoms. The topological polar surface area (TPSA) is 107 Å². The Kier molecular flexibility index (Phi) is 6.33. The molecule has 0 spiro atoms. The molecule has 158 valence electrons. The van der Waals surface area contributed by atoms with Crippen LogP contribution in [-0.4, -0.2) is 36.4 Å². The van der Waals surface area contributed by atoms with Crippen molar-refractivity contribution in [3.05, 3.63) is 58.1 Å². The lowest BCUT2D eigenvalue weighted by atomic mass is 10.1. The van der Waals surface area contributed by atoms with Gasteiger partial charge in [0.2, 0.25) is 5.96 Å². The van der Waals surface area contributed by atoms with Crippen LogP contribution in [0.25, 0.3) is 0 Å². The number of alkyl halides is 2. The molecular formula is C18H17ClF2N6O3. The SMILES string of the molecule is Cc1cccc(C(=O)Nc2c(OC(F)F)ccc(C(=O)NC3=NNNN3C)c2Cl)c1. The Hall–Kier alpha value is -3.44. The number of carbonyl (C=O) groups excluding carboxylic acids is 2. The van der Waals surface area contributed by atoms with E-state index in [1.54, 1.807) is 38.2 Å². The summed E-state index contributed by atoms with van der Waals surface area (Å²) in [6.45, 7) is -1.36. The van der Waals surface area contributed by atoms with Crippen LogP contribution >= 0.6 is 11.6 Å². The number of carbonyl (C=O) groups is 2. The van der Waals surface area contributed by atoms with Crippen molar-refractivity contribution in [3.8, 4) is 5.75 Å². The third kappa shape index (κ3) is 4.75. The number of hydrogen-bond acceptors (Lipinski definition) is 7. The van der Waals surface area contributed by atoms with E-state index in [2.05, 4.69) is 31.5 Å². The van der Waals surface area contributed by atoms with Crippen LogP contribution in [0, 0.1) is 6.92 Å². The van der Waals surface area contributed by atoms with Gasteiger partial charge in [-0.15, -0.1) is 10.6 Å². The summed E-state index contributed by atoms with van der Waals surface area (Å²) in [5.41, 5.74) is 5.81. The van der Waals surface area contributed by atoms with Gasteiger partial charge in [-0.3, -0.25) is 19.9 Å².